The van der Waals surface area contributed by atoms with E-state index in [9.17, 15) is 4.79 Å². The Morgan fingerprint density at radius 1 is 1.47 bits per heavy atom. The van der Waals surface area contributed by atoms with E-state index in [1.165, 1.54) is 13.3 Å². The summed E-state index contributed by atoms with van der Waals surface area (Å²) in [5, 5.41) is 0. The Hall–Kier alpha value is -1.85. The average Bonchev–Trinajstić information content (AvgIpc) is 2.28. The summed E-state index contributed by atoms with van der Waals surface area (Å²) in [5.74, 6) is 0.673. The Labute approximate surface area is 101 Å². The number of carbonyl (C=O) groups is 1. The lowest BCUT2D eigenvalue weighted by Crippen LogP contribution is -2.27. The minimum atomic E-state index is -0.329. The van der Waals surface area contributed by atoms with Crippen LogP contribution in [-0.2, 0) is 9.53 Å². The maximum absolute atomic E-state index is 11.1. The Kier molecular flexibility index (Phi) is 4.68. The van der Waals surface area contributed by atoms with E-state index >= 15 is 0 Å². The highest BCUT2D eigenvalue weighted by molar-refractivity contribution is 5.74. The lowest BCUT2D eigenvalue weighted by Gasteiger charge is -2.17. The van der Waals surface area contributed by atoms with Crippen molar-refractivity contribution in [1.29, 1.82) is 0 Å². The second-order valence-corrected chi connectivity index (χ2v) is 3.81. The minimum absolute atomic E-state index is 0.0328. The fraction of sp³-hybridized carbons (Fsp3) is 0.545. The Morgan fingerprint density at radius 2 is 2.18 bits per heavy atom. The molecule has 94 valence electrons. The van der Waals surface area contributed by atoms with E-state index in [1.54, 1.807) is 18.1 Å². The first kappa shape index (κ1) is 13.2. The first-order valence-electron chi connectivity index (χ1n) is 5.29. The summed E-state index contributed by atoms with van der Waals surface area (Å²) >= 11 is 0. The topological polar surface area (TPSA) is 64.5 Å². The molecule has 0 amide bonds. The summed E-state index contributed by atoms with van der Waals surface area (Å²) in [6.07, 6.45) is 3.14. The van der Waals surface area contributed by atoms with E-state index in [0.717, 1.165) is 0 Å². The molecule has 1 heterocycles. The smallest absolute Gasteiger partial charge is 0.325 e. The highest BCUT2D eigenvalue weighted by Gasteiger charge is 2.10. The van der Waals surface area contributed by atoms with Crippen molar-refractivity contribution < 1.29 is 14.3 Å². The number of hydrogen-bond donors (Lipinski definition) is 0. The van der Waals surface area contributed by atoms with Crippen LogP contribution in [0.5, 0.6) is 5.88 Å². The number of nitrogens with zero attached hydrogens (tertiary/aromatic N) is 3. The van der Waals surface area contributed by atoms with Crippen molar-refractivity contribution in [2.45, 2.75) is 20.0 Å². The zero-order valence-electron chi connectivity index (χ0n) is 10.5. The molecule has 0 saturated carbocycles. The van der Waals surface area contributed by atoms with Crippen molar-refractivity contribution in [3.8, 4) is 5.88 Å². The lowest BCUT2D eigenvalue weighted by atomic mass is 10.5. The van der Waals surface area contributed by atoms with E-state index in [0.29, 0.717) is 11.7 Å². The van der Waals surface area contributed by atoms with Crippen molar-refractivity contribution >= 4 is 11.8 Å². The monoisotopic (exact) mass is 239 g/mol. The largest absolute Gasteiger partial charge is 0.474 e. The molecular formula is C11H17N3O3. The highest BCUT2D eigenvalue weighted by atomic mass is 16.5. The molecule has 0 aliphatic rings. The molecule has 6 heteroatoms. The Bertz CT molecular complexity index is 382. The summed E-state index contributed by atoms with van der Waals surface area (Å²) in [5.41, 5.74) is 0. The number of rotatable bonds is 5. The average molecular weight is 239 g/mol. The van der Waals surface area contributed by atoms with Crippen LogP contribution in [0.4, 0.5) is 5.82 Å². The van der Waals surface area contributed by atoms with Crippen LogP contribution in [0.3, 0.4) is 0 Å². The van der Waals surface area contributed by atoms with Crippen LogP contribution in [0.15, 0.2) is 12.4 Å². The minimum Gasteiger partial charge on any atom is -0.474 e. The summed E-state index contributed by atoms with van der Waals surface area (Å²) in [6.45, 7) is 3.94. The molecule has 0 aromatic carbocycles. The van der Waals surface area contributed by atoms with Gasteiger partial charge in [0.15, 0.2) is 5.82 Å². The zero-order valence-corrected chi connectivity index (χ0v) is 10.5. The molecular weight excluding hydrogens is 222 g/mol. The first-order valence-corrected chi connectivity index (χ1v) is 5.29. The Balaban J connectivity index is 2.73. The molecule has 0 bridgehead atoms. The maximum atomic E-state index is 11.1. The van der Waals surface area contributed by atoms with Crippen LogP contribution in [0.2, 0.25) is 0 Å². The molecule has 17 heavy (non-hydrogen) atoms. The third-order valence-corrected chi connectivity index (χ3v) is 1.94. The fourth-order valence-electron chi connectivity index (χ4n) is 1.16. The van der Waals surface area contributed by atoms with Gasteiger partial charge >= 0.3 is 5.97 Å². The van der Waals surface area contributed by atoms with Gasteiger partial charge in [-0.05, 0) is 13.8 Å². The van der Waals surface area contributed by atoms with E-state index in [2.05, 4.69) is 14.7 Å². The molecule has 1 aromatic rings. The van der Waals surface area contributed by atoms with Crippen molar-refractivity contribution in [2.75, 3.05) is 25.6 Å². The predicted octanol–water partition coefficient (Wildman–Crippen LogP) is 0.873. The van der Waals surface area contributed by atoms with Gasteiger partial charge in [0, 0.05) is 7.05 Å². The van der Waals surface area contributed by atoms with Gasteiger partial charge < -0.3 is 14.4 Å². The number of anilines is 1. The van der Waals surface area contributed by atoms with E-state index in [4.69, 9.17) is 4.74 Å². The molecule has 0 fully saturated rings. The van der Waals surface area contributed by atoms with Gasteiger partial charge in [-0.2, -0.15) is 4.98 Å². The number of methoxy groups -OCH3 is 1. The third kappa shape index (κ3) is 4.26. The van der Waals surface area contributed by atoms with Gasteiger partial charge in [-0.15, -0.1) is 0 Å². The number of hydrogen-bond acceptors (Lipinski definition) is 6. The fourth-order valence-corrected chi connectivity index (χ4v) is 1.16. The molecule has 0 unspecified atom stereocenters. The molecule has 1 rings (SSSR count). The molecule has 0 spiro atoms. The van der Waals surface area contributed by atoms with Gasteiger partial charge in [0.05, 0.1) is 25.6 Å². The summed E-state index contributed by atoms with van der Waals surface area (Å²) in [6, 6.07) is 0. The zero-order chi connectivity index (χ0) is 12.8. The molecule has 0 N–H and O–H groups in total. The number of aromatic nitrogens is 2. The van der Waals surface area contributed by atoms with Gasteiger partial charge in [-0.1, -0.05) is 0 Å². The first-order chi connectivity index (χ1) is 8.02. The highest BCUT2D eigenvalue weighted by Crippen LogP contribution is 2.13. The van der Waals surface area contributed by atoms with Gasteiger partial charge in [-0.25, -0.2) is 0 Å². The van der Waals surface area contributed by atoms with Crippen molar-refractivity contribution in [2.24, 2.45) is 0 Å². The third-order valence-electron chi connectivity index (χ3n) is 1.94. The van der Waals surface area contributed by atoms with E-state index in [1.807, 2.05) is 13.8 Å². The molecule has 0 saturated heterocycles. The van der Waals surface area contributed by atoms with Crippen molar-refractivity contribution in [1.82, 2.24) is 9.97 Å². The molecule has 0 aliphatic carbocycles. The van der Waals surface area contributed by atoms with Crippen molar-refractivity contribution in [3.63, 3.8) is 0 Å². The quantitative estimate of drug-likeness (QED) is 0.710. The van der Waals surface area contributed by atoms with Crippen LogP contribution in [0.25, 0.3) is 0 Å². The number of esters is 1. The van der Waals surface area contributed by atoms with Crippen LogP contribution in [0, 0.1) is 0 Å². The second-order valence-electron chi connectivity index (χ2n) is 3.81. The molecule has 6 nitrogen and oxygen atoms in total. The van der Waals surface area contributed by atoms with Gasteiger partial charge in [0.2, 0.25) is 5.88 Å². The molecule has 0 aliphatic heterocycles. The van der Waals surface area contributed by atoms with E-state index in [-0.39, 0.29) is 18.6 Å². The van der Waals surface area contributed by atoms with Crippen LogP contribution in [0.1, 0.15) is 13.8 Å². The molecule has 0 atom stereocenters. The van der Waals surface area contributed by atoms with Crippen molar-refractivity contribution in [3.05, 3.63) is 12.4 Å². The second kappa shape index (κ2) is 6.03. The number of ether oxygens (including phenoxy) is 2. The molecule has 0 radical (unpaired) electrons. The SMILES string of the molecule is COC(=O)CN(C)c1cncc(OC(C)C)n1. The van der Waals surface area contributed by atoms with Crippen LogP contribution >= 0.6 is 0 Å². The Morgan fingerprint density at radius 3 is 2.76 bits per heavy atom. The van der Waals surface area contributed by atoms with Crippen LogP contribution in [-0.4, -0.2) is 42.7 Å². The van der Waals surface area contributed by atoms with Gasteiger partial charge in [0.1, 0.15) is 6.54 Å². The number of carbonyl (C=O) groups excluding carboxylic acids is 1. The number of likely N-dealkylation sites (N-methyl/N-ethyl adjacent to an activating group) is 1. The summed E-state index contributed by atoms with van der Waals surface area (Å²) < 4.78 is 10.00. The standard InChI is InChI=1S/C11H17N3O3/c1-8(2)17-10-6-12-5-9(13-10)14(3)7-11(15)16-4/h5-6,8H,7H2,1-4H3. The summed E-state index contributed by atoms with van der Waals surface area (Å²) in [4.78, 5) is 21.0. The summed E-state index contributed by atoms with van der Waals surface area (Å²) in [7, 11) is 3.08. The molecule has 1 aromatic heterocycles. The van der Waals surface area contributed by atoms with Gasteiger partial charge in [-0.3, -0.25) is 9.78 Å². The van der Waals surface area contributed by atoms with Gasteiger partial charge in [0.25, 0.3) is 0 Å². The lowest BCUT2D eigenvalue weighted by molar-refractivity contribution is -0.138. The normalized spacial score (nSPS) is 10.2. The van der Waals surface area contributed by atoms with E-state index < -0.39 is 0 Å². The van der Waals surface area contributed by atoms with Crippen LogP contribution < -0.4 is 9.64 Å². The maximum Gasteiger partial charge on any atom is 0.325 e. The predicted molar refractivity (Wildman–Crippen MR) is 63.1 cm³/mol.